The molecule has 5 rings (SSSR count). The average molecular weight is 359 g/mol. The number of hydrogen-bond acceptors (Lipinski definition) is 1. The molecule has 0 N–H and O–H groups in total. The molecule has 3 aromatic rings. The third kappa shape index (κ3) is 2.92. The minimum Gasteiger partial charge on any atom is -0.456 e. The minimum absolute atomic E-state index is 0.410. The van der Waals surface area contributed by atoms with E-state index in [0.717, 1.165) is 23.5 Å². The topological polar surface area (TPSA) is 16.1 Å². The van der Waals surface area contributed by atoms with Crippen molar-refractivity contribution in [2.24, 2.45) is 10.8 Å². The van der Waals surface area contributed by atoms with Crippen molar-refractivity contribution in [2.45, 2.75) is 46.1 Å². The monoisotopic (exact) mass is 358 g/mol. The number of rotatable bonds is 1. The Morgan fingerprint density at radius 2 is 1.67 bits per heavy atom. The lowest BCUT2D eigenvalue weighted by Crippen LogP contribution is -2.37. The van der Waals surface area contributed by atoms with Crippen LogP contribution in [0.2, 0.25) is 0 Å². The molecule has 2 heterocycles. The van der Waals surface area contributed by atoms with Crippen LogP contribution < -0.4 is 9.93 Å². The first kappa shape index (κ1) is 16.8. The molecule has 27 heavy (non-hydrogen) atoms. The van der Waals surface area contributed by atoms with Gasteiger partial charge in [0.1, 0.15) is 17.9 Å². The number of fused-ring (bicyclic) bond motifs is 3. The Hall–Kier alpha value is -2.35. The summed E-state index contributed by atoms with van der Waals surface area (Å²) in [7, 11) is 0. The Morgan fingerprint density at radius 3 is 2.48 bits per heavy atom. The first-order chi connectivity index (χ1) is 12.9. The highest BCUT2D eigenvalue weighted by molar-refractivity contribution is 5.78. The number of para-hydroxylation sites is 1. The van der Waals surface area contributed by atoms with Crippen molar-refractivity contribution in [1.82, 2.24) is 4.58 Å². The van der Waals surface area contributed by atoms with Crippen LogP contribution in [-0.4, -0.2) is 12.6 Å². The van der Waals surface area contributed by atoms with Gasteiger partial charge in [-0.05, 0) is 24.0 Å². The Morgan fingerprint density at radius 1 is 0.926 bits per heavy atom. The van der Waals surface area contributed by atoms with E-state index in [1.165, 1.54) is 30.0 Å². The van der Waals surface area contributed by atoms with Crippen LogP contribution in [0.15, 0.2) is 65.1 Å². The smallest absolute Gasteiger partial charge is 0.215 e. The summed E-state index contributed by atoms with van der Waals surface area (Å²) in [5.74, 6) is 0.954. The van der Waals surface area contributed by atoms with Gasteiger partial charge in [-0.1, -0.05) is 63.2 Å². The summed E-state index contributed by atoms with van der Waals surface area (Å²) in [6.45, 7) is 8.50. The molecule has 2 aromatic carbocycles. The summed E-state index contributed by atoms with van der Waals surface area (Å²) in [5, 5.41) is 2.56. The quantitative estimate of drug-likeness (QED) is 0.527. The van der Waals surface area contributed by atoms with Crippen molar-refractivity contribution in [3.05, 3.63) is 66.0 Å². The summed E-state index contributed by atoms with van der Waals surface area (Å²) in [4.78, 5) is 0. The first-order valence-corrected chi connectivity index (χ1v) is 10.1. The molecular formula is C25H28NO+. The SMILES string of the molecule is CC1(C)C[C@H]2C[C@](C)(C[N+]2=c2cc(-c3ccccc3)oc3ccccc23)C1. The van der Waals surface area contributed by atoms with E-state index in [4.69, 9.17) is 4.42 Å². The maximum Gasteiger partial charge on any atom is 0.215 e. The molecule has 2 aliphatic rings. The van der Waals surface area contributed by atoms with Gasteiger partial charge in [0, 0.05) is 23.8 Å². The summed E-state index contributed by atoms with van der Waals surface area (Å²) in [6, 6.07) is 21.8. The molecule has 0 radical (unpaired) electrons. The fourth-order valence-corrected chi connectivity index (χ4v) is 5.84. The van der Waals surface area contributed by atoms with Crippen LogP contribution in [0.25, 0.3) is 22.3 Å². The van der Waals surface area contributed by atoms with Gasteiger partial charge in [-0.15, -0.1) is 0 Å². The van der Waals surface area contributed by atoms with Gasteiger partial charge in [0.05, 0.1) is 11.5 Å². The highest BCUT2D eigenvalue weighted by Crippen LogP contribution is 2.50. The van der Waals surface area contributed by atoms with Crippen LogP contribution in [0.3, 0.4) is 0 Å². The zero-order chi connectivity index (χ0) is 18.6. The lowest BCUT2D eigenvalue weighted by molar-refractivity contribution is 0.135. The lowest BCUT2D eigenvalue weighted by Gasteiger charge is -2.36. The molecule has 2 fully saturated rings. The van der Waals surface area contributed by atoms with Crippen LogP contribution >= 0.6 is 0 Å². The maximum absolute atomic E-state index is 6.30. The van der Waals surface area contributed by atoms with E-state index in [1.807, 2.05) is 0 Å². The minimum atomic E-state index is 0.410. The van der Waals surface area contributed by atoms with Gasteiger partial charge >= 0.3 is 0 Å². The largest absolute Gasteiger partial charge is 0.456 e. The van der Waals surface area contributed by atoms with Crippen molar-refractivity contribution in [3.63, 3.8) is 0 Å². The Labute approximate surface area is 161 Å². The molecule has 2 atom stereocenters. The summed E-state index contributed by atoms with van der Waals surface area (Å²) in [5.41, 5.74) is 2.94. The van der Waals surface area contributed by atoms with Crippen molar-refractivity contribution in [2.75, 3.05) is 6.54 Å². The molecule has 1 aliphatic heterocycles. The van der Waals surface area contributed by atoms with Crippen molar-refractivity contribution in [3.8, 4) is 11.3 Å². The standard InChI is InChI=1S/C25H28NO/c1-24(2)14-19-15-25(3,16-24)17-26(19)21-13-23(18-9-5-4-6-10-18)27-22-12-8-7-11-20(21)22/h4-13,19H,14-17H2,1-3H3/q+1/t19-,25-/m0/s1. The van der Waals surface area contributed by atoms with E-state index in [2.05, 4.69) is 86.0 Å². The average Bonchev–Trinajstić information content (AvgIpc) is 2.90. The molecule has 1 aromatic heterocycles. The molecule has 2 nitrogen and oxygen atoms in total. The third-order valence-electron chi connectivity index (χ3n) is 6.43. The zero-order valence-corrected chi connectivity index (χ0v) is 16.5. The predicted octanol–water partition coefficient (Wildman–Crippen LogP) is 5.47. The van der Waals surface area contributed by atoms with E-state index >= 15 is 0 Å². The van der Waals surface area contributed by atoms with Gasteiger partial charge in [0.15, 0.2) is 6.04 Å². The number of hydrogen-bond donors (Lipinski definition) is 0. The number of benzene rings is 2. The molecule has 1 saturated carbocycles. The van der Waals surface area contributed by atoms with Crippen LogP contribution in [0.1, 0.15) is 40.0 Å². The lowest BCUT2D eigenvalue weighted by atomic mass is 9.65. The van der Waals surface area contributed by atoms with Crippen LogP contribution in [0.4, 0.5) is 0 Å². The molecule has 1 saturated heterocycles. The highest BCUT2D eigenvalue weighted by atomic mass is 16.3. The summed E-state index contributed by atoms with van der Waals surface area (Å²) >= 11 is 0. The van der Waals surface area contributed by atoms with Gasteiger partial charge in [-0.2, -0.15) is 0 Å². The second-order valence-corrected chi connectivity index (χ2v) is 9.70. The summed E-state index contributed by atoms with van der Waals surface area (Å²) in [6.07, 6.45) is 3.88. The second-order valence-electron chi connectivity index (χ2n) is 9.70. The van der Waals surface area contributed by atoms with E-state index in [0.29, 0.717) is 16.9 Å². The van der Waals surface area contributed by atoms with Gasteiger partial charge in [-0.25, -0.2) is 4.58 Å². The van der Waals surface area contributed by atoms with Gasteiger partial charge in [-0.3, -0.25) is 0 Å². The van der Waals surface area contributed by atoms with Crippen molar-refractivity contribution in [1.29, 1.82) is 0 Å². The fraction of sp³-hybridized carbons (Fsp3) is 0.400. The van der Waals surface area contributed by atoms with Crippen molar-refractivity contribution < 1.29 is 4.42 Å². The maximum atomic E-state index is 6.30. The number of nitrogens with zero attached hydrogens (tertiary/aromatic N) is 1. The third-order valence-corrected chi connectivity index (χ3v) is 6.43. The molecule has 0 spiro atoms. The first-order valence-electron chi connectivity index (χ1n) is 10.1. The van der Waals surface area contributed by atoms with E-state index < -0.39 is 0 Å². The van der Waals surface area contributed by atoms with E-state index in [1.54, 1.807) is 0 Å². The molecule has 0 amide bonds. The molecule has 1 aliphatic carbocycles. The molecule has 138 valence electrons. The summed E-state index contributed by atoms with van der Waals surface area (Å²) < 4.78 is 8.98. The Bertz CT molecular complexity index is 1080. The van der Waals surface area contributed by atoms with Crippen molar-refractivity contribution >= 4 is 11.0 Å². The molecular weight excluding hydrogens is 330 g/mol. The van der Waals surface area contributed by atoms with Gasteiger partial charge < -0.3 is 4.42 Å². The van der Waals surface area contributed by atoms with E-state index in [-0.39, 0.29) is 0 Å². The van der Waals surface area contributed by atoms with Crippen LogP contribution in [0, 0.1) is 10.8 Å². The van der Waals surface area contributed by atoms with Crippen LogP contribution in [0.5, 0.6) is 0 Å². The Kier molecular flexibility index (Phi) is 3.62. The molecule has 2 bridgehead atoms. The van der Waals surface area contributed by atoms with E-state index in [9.17, 15) is 0 Å². The fourth-order valence-electron chi connectivity index (χ4n) is 5.84. The Balaban J connectivity index is 1.79. The molecule has 0 unspecified atom stereocenters. The molecule has 2 heteroatoms. The zero-order valence-electron chi connectivity index (χ0n) is 16.5. The highest BCUT2D eigenvalue weighted by Gasteiger charge is 2.53. The second kappa shape index (κ2) is 5.82. The predicted molar refractivity (Wildman–Crippen MR) is 111 cm³/mol. The van der Waals surface area contributed by atoms with Gasteiger partial charge in [0.25, 0.3) is 0 Å². The normalized spacial score (nSPS) is 28.5. The van der Waals surface area contributed by atoms with Gasteiger partial charge in [0.2, 0.25) is 5.36 Å². The van der Waals surface area contributed by atoms with Crippen LogP contribution in [-0.2, 0) is 0 Å².